The van der Waals surface area contributed by atoms with Crippen LogP contribution in [0.15, 0.2) is 35.7 Å². The van der Waals surface area contributed by atoms with Gasteiger partial charge in [-0.05, 0) is 60.7 Å². The van der Waals surface area contributed by atoms with Crippen molar-refractivity contribution in [2.75, 3.05) is 0 Å². The van der Waals surface area contributed by atoms with Crippen LogP contribution in [0.3, 0.4) is 0 Å². The minimum absolute atomic E-state index is 0.333. The monoisotopic (exact) mass is 507 g/mol. The van der Waals surface area contributed by atoms with Crippen LogP contribution in [0.5, 0.6) is 0 Å². The summed E-state index contributed by atoms with van der Waals surface area (Å²) >= 11 is 1.74. The van der Waals surface area contributed by atoms with E-state index in [1.165, 1.54) is 30.6 Å². The maximum Gasteiger partial charge on any atom is 0.326 e. The van der Waals surface area contributed by atoms with Crippen molar-refractivity contribution >= 4 is 34.2 Å². The molecule has 2 unspecified atom stereocenters. The minimum atomic E-state index is -0.955. The average Bonchev–Trinajstić information content (AvgIpc) is 3.52. The van der Waals surface area contributed by atoms with Crippen molar-refractivity contribution in [3.05, 3.63) is 52.0 Å². The number of carbonyl (C=O) groups excluding carboxylic acids is 1. The number of hydrogen-bond donors (Lipinski definition) is 2. The van der Waals surface area contributed by atoms with Gasteiger partial charge in [-0.3, -0.25) is 4.79 Å². The zero-order valence-electron chi connectivity index (χ0n) is 21.1. The molecule has 0 radical (unpaired) electrons. The fourth-order valence-corrected chi connectivity index (χ4v) is 6.95. The van der Waals surface area contributed by atoms with E-state index in [1.54, 1.807) is 11.3 Å². The number of amides is 1. The van der Waals surface area contributed by atoms with Crippen molar-refractivity contribution in [1.82, 2.24) is 14.9 Å². The Balaban J connectivity index is 1.41. The Bertz CT molecular complexity index is 1200. The lowest BCUT2D eigenvalue weighted by Crippen LogP contribution is -2.42. The third-order valence-electron chi connectivity index (χ3n) is 8.23. The molecule has 0 aliphatic heterocycles. The smallest absolute Gasteiger partial charge is 0.326 e. The van der Waals surface area contributed by atoms with Crippen molar-refractivity contribution in [2.24, 2.45) is 11.8 Å². The lowest BCUT2D eigenvalue weighted by Gasteiger charge is -2.31. The standard InChI is InChI=1S/C29H37N3O3S/c1-19-8-5-6-12-25(19)32-26-14-13-21(17-23(26)30-27(32)18-22-11-7-15-36-22)28(33)31-24(29(34)35)16-20-9-3-2-4-10-20/h7,11,13-15,17,19-20,24-25H,2-6,8-10,12,16,18H2,1H3,(H,31,33)(H,34,35)/t19?,24?,25-/m0/s1. The molecule has 0 bridgehead atoms. The number of nitrogens with one attached hydrogen (secondary N) is 1. The van der Waals surface area contributed by atoms with Crippen LogP contribution in [0, 0.1) is 11.8 Å². The second-order valence-electron chi connectivity index (χ2n) is 10.8. The largest absolute Gasteiger partial charge is 0.480 e. The number of carbonyl (C=O) groups is 2. The highest BCUT2D eigenvalue weighted by atomic mass is 32.1. The summed E-state index contributed by atoms with van der Waals surface area (Å²) in [6, 6.07) is 9.45. The lowest BCUT2D eigenvalue weighted by molar-refractivity contribution is -0.139. The van der Waals surface area contributed by atoms with E-state index in [0.29, 0.717) is 29.9 Å². The first kappa shape index (κ1) is 25.0. The topological polar surface area (TPSA) is 84.2 Å². The third-order valence-corrected chi connectivity index (χ3v) is 9.11. The Morgan fingerprint density at radius 1 is 1.11 bits per heavy atom. The molecular weight excluding hydrogens is 470 g/mol. The van der Waals surface area contributed by atoms with Gasteiger partial charge >= 0.3 is 5.97 Å². The van der Waals surface area contributed by atoms with E-state index >= 15 is 0 Å². The number of aromatic nitrogens is 2. The van der Waals surface area contributed by atoms with Crippen molar-refractivity contribution in [3.63, 3.8) is 0 Å². The first-order valence-electron chi connectivity index (χ1n) is 13.6. The summed E-state index contributed by atoms with van der Waals surface area (Å²) in [6.45, 7) is 2.34. The first-order valence-corrected chi connectivity index (χ1v) is 14.4. The molecule has 0 spiro atoms. The van der Waals surface area contributed by atoms with E-state index in [9.17, 15) is 14.7 Å². The molecule has 1 amide bonds. The molecular formula is C29H37N3O3S. The predicted octanol–water partition coefficient (Wildman–Crippen LogP) is 6.59. The van der Waals surface area contributed by atoms with Gasteiger partial charge in [0.15, 0.2) is 0 Å². The van der Waals surface area contributed by atoms with Gasteiger partial charge in [0, 0.05) is 22.9 Å². The van der Waals surface area contributed by atoms with E-state index in [0.717, 1.165) is 55.4 Å². The van der Waals surface area contributed by atoms with Gasteiger partial charge in [-0.15, -0.1) is 11.3 Å². The Kier molecular flexibility index (Phi) is 7.75. The van der Waals surface area contributed by atoms with Gasteiger partial charge in [-0.2, -0.15) is 0 Å². The van der Waals surface area contributed by atoms with E-state index < -0.39 is 12.0 Å². The van der Waals surface area contributed by atoms with Gasteiger partial charge in [0.05, 0.1) is 11.0 Å². The van der Waals surface area contributed by atoms with Gasteiger partial charge in [0.25, 0.3) is 5.91 Å². The molecule has 3 aromatic rings. The number of rotatable bonds is 8. The van der Waals surface area contributed by atoms with E-state index in [-0.39, 0.29) is 5.91 Å². The minimum Gasteiger partial charge on any atom is -0.480 e. The van der Waals surface area contributed by atoms with Crippen molar-refractivity contribution < 1.29 is 14.7 Å². The summed E-state index contributed by atoms with van der Waals surface area (Å²) in [5, 5.41) is 14.7. The van der Waals surface area contributed by atoms with Gasteiger partial charge in [-0.1, -0.05) is 57.9 Å². The molecule has 192 valence electrons. The highest BCUT2D eigenvalue weighted by molar-refractivity contribution is 7.09. The maximum atomic E-state index is 13.1. The normalized spacial score (nSPS) is 21.9. The van der Waals surface area contributed by atoms with Crippen LogP contribution in [0.2, 0.25) is 0 Å². The van der Waals surface area contributed by atoms with Gasteiger partial charge in [0.1, 0.15) is 11.9 Å². The SMILES string of the molecule is CC1CCCC[C@@H]1n1c(Cc2cccs2)nc2cc(C(=O)NC(CC3CCCCC3)C(=O)O)ccc21. The number of thiophene rings is 1. The molecule has 2 N–H and O–H groups in total. The molecule has 2 saturated carbocycles. The molecule has 7 heteroatoms. The van der Waals surface area contributed by atoms with Crippen molar-refractivity contribution in [1.29, 1.82) is 0 Å². The summed E-state index contributed by atoms with van der Waals surface area (Å²) < 4.78 is 2.42. The Hall–Kier alpha value is -2.67. The van der Waals surface area contributed by atoms with Crippen LogP contribution in [0.25, 0.3) is 11.0 Å². The number of hydrogen-bond acceptors (Lipinski definition) is 4. The van der Waals surface area contributed by atoms with Gasteiger partial charge in [-0.25, -0.2) is 9.78 Å². The first-order chi connectivity index (χ1) is 17.5. The Labute approximate surface area is 217 Å². The zero-order valence-corrected chi connectivity index (χ0v) is 21.9. The molecule has 2 aliphatic rings. The second kappa shape index (κ2) is 11.2. The Morgan fingerprint density at radius 2 is 1.89 bits per heavy atom. The fourth-order valence-electron chi connectivity index (χ4n) is 6.25. The van der Waals surface area contributed by atoms with Crippen molar-refractivity contribution in [2.45, 2.75) is 89.6 Å². The molecule has 2 fully saturated rings. The highest BCUT2D eigenvalue weighted by Gasteiger charge is 2.29. The molecule has 0 saturated heterocycles. The van der Waals surface area contributed by atoms with Crippen LogP contribution >= 0.6 is 11.3 Å². The lowest BCUT2D eigenvalue weighted by atomic mass is 9.85. The molecule has 3 atom stereocenters. The number of nitrogens with zero attached hydrogens (tertiary/aromatic N) is 2. The second-order valence-corrected chi connectivity index (χ2v) is 11.8. The average molecular weight is 508 g/mol. The molecule has 5 rings (SSSR count). The summed E-state index contributed by atoms with van der Waals surface area (Å²) in [5.74, 6) is 0.710. The molecule has 2 aromatic heterocycles. The summed E-state index contributed by atoms with van der Waals surface area (Å²) in [6.07, 6.45) is 11.8. The molecule has 6 nitrogen and oxygen atoms in total. The number of carboxylic acid groups (broad SMARTS) is 1. The van der Waals surface area contributed by atoms with Gasteiger partial charge in [0.2, 0.25) is 0 Å². The predicted molar refractivity (Wildman–Crippen MR) is 144 cm³/mol. The quantitative estimate of drug-likeness (QED) is 0.360. The zero-order chi connectivity index (χ0) is 25.1. The maximum absolute atomic E-state index is 13.1. The Morgan fingerprint density at radius 3 is 2.61 bits per heavy atom. The van der Waals surface area contributed by atoms with Crippen LogP contribution in [-0.4, -0.2) is 32.6 Å². The third kappa shape index (κ3) is 5.51. The summed E-state index contributed by atoms with van der Waals surface area (Å²) in [5.41, 5.74) is 2.35. The van der Waals surface area contributed by atoms with Crippen LogP contribution < -0.4 is 5.32 Å². The number of aliphatic carboxylic acids is 1. The number of fused-ring (bicyclic) bond motifs is 1. The van der Waals surface area contributed by atoms with Crippen molar-refractivity contribution in [3.8, 4) is 0 Å². The summed E-state index contributed by atoms with van der Waals surface area (Å²) in [7, 11) is 0. The van der Waals surface area contributed by atoms with Crippen LogP contribution in [0.4, 0.5) is 0 Å². The van der Waals surface area contributed by atoms with E-state index in [1.807, 2.05) is 18.2 Å². The number of imidazole rings is 1. The number of carboxylic acids is 1. The van der Waals surface area contributed by atoms with E-state index in [2.05, 4.69) is 34.3 Å². The van der Waals surface area contributed by atoms with E-state index in [4.69, 9.17) is 4.98 Å². The van der Waals surface area contributed by atoms with Crippen LogP contribution in [0.1, 0.15) is 98.2 Å². The highest BCUT2D eigenvalue weighted by Crippen LogP contribution is 2.37. The molecule has 1 aromatic carbocycles. The van der Waals surface area contributed by atoms with Crippen LogP contribution in [-0.2, 0) is 11.2 Å². The summed E-state index contributed by atoms with van der Waals surface area (Å²) in [4.78, 5) is 31.4. The van der Waals surface area contributed by atoms with Gasteiger partial charge < -0.3 is 15.0 Å². The number of benzene rings is 1. The molecule has 2 heterocycles. The fraction of sp³-hybridized carbons (Fsp3) is 0.552. The molecule has 36 heavy (non-hydrogen) atoms. The molecule has 2 aliphatic carbocycles.